The average Bonchev–Trinajstić information content (AvgIpc) is 2.85. The van der Waals surface area contributed by atoms with Crippen LogP contribution in [-0.2, 0) is 6.54 Å². The number of methoxy groups -OCH3 is 1. The topological polar surface area (TPSA) is 34.2 Å². The SMILES string of the molecule is CCNCc1nc(-c2ccccc2OC)cs1. The van der Waals surface area contributed by atoms with Gasteiger partial charge in [0.15, 0.2) is 0 Å². The summed E-state index contributed by atoms with van der Waals surface area (Å²) < 4.78 is 5.34. The highest BCUT2D eigenvalue weighted by molar-refractivity contribution is 7.09. The molecule has 0 aliphatic rings. The van der Waals surface area contributed by atoms with Crippen LogP contribution < -0.4 is 10.1 Å². The third kappa shape index (κ3) is 2.84. The summed E-state index contributed by atoms with van der Waals surface area (Å²) in [6.07, 6.45) is 0. The first-order valence-electron chi connectivity index (χ1n) is 5.63. The number of ether oxygens (including phenoxy) is 1. The zero-order valence-electron chi connectivity index (χ0n) is 10.1. The monoisotopic (exact) mass is 248 g/mol. The van der Waals surface area contributed by atoms with Gasteiger partial charge >= 0.3 is 0 Å². The molecule has 1 aromatic heterocycles. The highest BCUT2D eigenvalue weighted by Crippen LogP contribution is 2.30. The van der Waals surface area contributed by atoms with E-state index in [-0.39, 0.29) is 0 Å². The highest BCUT2D eigenvalue weighted by Gasteiger charge is 2.08. The van der Waals surface area contributed by atoms with Gasteiger partial charge in [-0.25, -0.2) is 4.98 Å². The number of hydrogen-bond donors (Lipinski definition) is 1. The van der Waals surface area contributed by atoms with E-state index < -0.39 is 0 Å². The molecule has 2 rings (SSSR count). The molecule has 1 heterocycles. The molecule has 0 aliphatic carbocycles. The zero-order chi connectivity index (χ0) is 12.1. The summed E-state index contributed by atoms with van der Waals surface area (Å²) in [7, 11) is 1.69. The lowest BCUT2D eigenvalue weighted by Crippen LogP contribution is -2.11. The lowest BCUT2D eigenvalue weighted by atomic mass is 10.1. The first-order valence-corrected chi connectivity index (χ1v) is 6.51. The van der Waals surface area contributed by atoms with Crippen molar-refractivity contribution in [2.45, 2.75) is 13.5 Å². The first kappa shape index (κ1) is 12.1. The molecule has 0 amide bonds. The Morgan fingerprint density at radius 1 is 1.35 bits per heavy atom. The number of para-hydroxylation sites is 1. The second kappa shape index (κ2) is 5.80. The maximum atomic E-state index is 5.34. The molecule has 1 aromatic carbocycles. The molecule has 0 unspecified atom stereocenters. The van der Waals surface area contributed by atoms with Gasteiger partial charge < -0.3 is 10.1 Å². The van der Waals surface area contributed by atoms with Crippen molar-refractivity contribution in [3.8, 4) is 17.0 Å². The molecule has 0 fully saturated rings. The van der Waals surface area contributed by atoms with Gasteiger partial charge in [0.1, 0.15) is 10.8 Å². The molecular formula is C13H16N2OS. The number of rotatable bonds is 5. The maximum Gasteiger partial charge on any atom is 0.128 e. The van der Waals surface area contributed by atoms with Crippen LogP contribution in [0, 0.1) is 0 Å². The Labute approximate surface area is 105 Å². The molecule has 0 radical (unpaired) electrons. The van der Waals surface area contributed by atoms with Gasteiger partial charge in [0.25, 0.3) is 0 Å². The molecule has 90 valence electrons. The molecule has 0 aliphatic heterocycles. The van der Waals surface area contributed by atoms with E-state index >= 15 is 0 Å². The van der Waals surface area contributed by atoms with Gasteiger partial charge in [0, 0.05) is 17.5 Å². The van der Waals surface area contributed by atoms with E-state index in [2.05, 4.69) is 22.6 Å². The smallest absolute Gasteiger partial charge is 0.128 e. The van der Waals surface area contributed by atoms with Crippen molar-refractivity contribution in [2.24, 2.45) is 0 Å². The van der Waals surface area contributed by atoms with Gasteiger partial charge in [-0.05, 0) is 18.7 Å². The molecule has 17 heavy (non-hydrogen) atoms. The minimum absolute atomic E-state index is 0.830. The highest BCUT2D eigenvalue weighted by atomic mass is 32.1. The fourth-order valence-electron chi connectivity index (χ4n) is 1.60. The van der Waals surface area contributed by atoms with Crippen molar-refractivity contribution < 1.29 is 4.74 Å². The Balaban J connectivity index is 2.24. The summed E-state index contributed by atoms with van der Waals surface area (Å²) in [4.78, 5) is 4.60. The van der Waals surface area contributed by atoms with Crippen molar-refractivity contribution in [2.75, 3.05) is 13.7 Å². The van der Waals surface area contributed by atoms with E-state index in [0.29, 0.717) is 0 Å². The fraction of sp³-hybridized carbons (Fsp3) is 0.308. The van der Waals surface area contributed by atoms with Gasteiger partial charge in [-0.3, -0.25) is 0 Å². The minimum atomic E-state index is 0.830. The Kier molecular flexibility index (Phi) is 4.12. The molecule has 1 N–H and O–H groups in total. The van der Waals surface area contributed by atoms with Crippen LogP contribution in [0.25, 0.3) is 11.3 Å². The van der Waals surface area contributed by atoms with Crippen LogP contribution in [0.3, 0.4) is 0 Å². The molecule has 0 atom stereocenters. The number of benzene rings is 1. The first-order chi connectivity index (χ1) is 8.35. The molecule has 0 saturated carbocycles. The number of aromatic nitrogens is 1. The molecule has 2 aromatic rings. The second-order valence-corrected chi connectivity index (χ2v) is 4.55. The van der Waals surface area contributed by atoms with Crippen molar-refractivity contribution in [1.29, 1.82) is 0 Å². The molecule has 4 heteroatoms. The van der Waals surface area contributed by atoms with Crippen molar-refractivity contribution in [1.82, 2.24) is 10.3 Å². The Morgan fingerprint density at radius 3 is 2.94 bits per heavy atom. The summed E-state index contributed by atoms with van der Waals surface area (Å²) in [5, 5.41) is 6.45. The van der Waals surface area contributed by atoms with Crippen LogP contribution in [0.5, 0.6) is 5.75 Å². The molecule has 0 saturated heterocycles. The minimum Gasteiger partial charge on any atom is -0.496 e. The van der Waals surface area contributed by atoms with Crippen LogP contribution in [-0.4, -0.2) is 18.6 Å². The van der Waals surface area contributed by atoms with Gasteiger partial charge in [-0.15, -0.1) is 11.3 Å². The second-order valence-electron chi connectivity index (χ2n) is 3.61. The number of hydrogen-bond acceptors (Lipinski definition) is 4. The van der Waals surface area contributed by atoms with Crippen LogP contribution in [0.1, 0.15) is 11.9 Å². The molecule has 3 nitrogen and oxygen atoms in total. The maximum absolute atomic E-state index is 5.34. The van der Waals surface area contributed by atoms with Gasteiger partial charge in [-0.2, -0.15) is 0 Å². The Hall–Kier alpha value is -1.39. The van der Waals surface area contributed by atoms with Gasteiger partial charge in [0.2, 0.25) is 0 Å². The van der Waals surface area contributed by atoms with E-state index in [0.717, 1.165) is 35.1 Å². The van der Waals surface area contributed by atoms with E-state index in [9.17, 15) is 0 Å². The number of thiazole rings is 1. The van der Waals surface area contributed by atoms with Gasteiger partial charge in [0.05, 0.1) is 12.8 Å². The lowest BCUT2D eigenvalue weighted by molar-refractivity contribution is 0.416. The zero-order valence-corrected chi connectivity index (χ0v) is 10.9. The molecule has 0 spiro atoms. The van der Waals surface area contributed by atoms with E-state index in [1.807, 2.05) is 24.3 Å². The fourth-order valence-corrected chi connectivity index (χ4v) is 2.37. The Morgan fingerprint density at radius 2 is 2.18 bits per heavy atom. The largest absolute Gasteiger partial charge is 0.496 e. The molecular weight excluding hydrogens is 232 g/mol. The van der Waals surface area contributed by atoms with Crippen molar-refractivity contribution in [3.63, 3.8) is 0 Å². The third-order valence-corrected chi connectivity index (χ3v) is 3.31. The van der Waals surface area contributed by atoms with Crippen LogP contribution in [0.4, 0.5) is 0 Å². The Bertz CT molecular complexity index is 482. The summed E-state index contributed by atoms with van der Waals surface area (Å²) >= 11 is 1.67. The van der Waals surface area contributed by atoms with Crippen LogP contribution >= 0.6 is 11.3 Å². The van der Waals surface area contributed by atoms with Gasteiger partial charge in [-0.1, -0.05) is 19.1 Å². The number of nitrogens with one attached hydrogen (secondary N) is 1. The standard InChI is InChI=1S/C13H16N2OS/c1-3-14-8-13-15-11(9-17-13)10-6-4-5-7-12(10)16-2/h4-7,9,14H,3,8H2,1-2H3. The molecule has 0 bridgehead atoms. The normalized spacial score (nSPS) is 10.5. The quantitative estimate of drug-likeness (QED) is 0.883. The van der Waals surface area contributed by atoms with Crippen LogP contribution in [0.2, 0.25) is 0 Å². The lowest BCUT2D eigenvalue weighted by Gasteiger charge is -2.04. The van der Waals surface area contributed by atoms with Crippen molar-refractivity contribution >= 4 is 11.3 Å². The summed E-state index contributed by atoms with van der Waals surface area (Å²) in [6.45, 7) is 3.88. The van der Waals surface area contributed by atoms with E-state index in [4.69, 9.17) is 4.74 Å². The van der Waals surface area contributed by atoms with E-state index in [1.54, 1.807) is 18.4 Å². The van der Waals surface area contributed by atoms with E-state index in [1.165, 1.54) is 0 Å². The van der Waals surface area contributed by atoms with Crippen LogP contribution in [0.15, 0.2) is 29.6 Å². The van der Waals surface area contributed by atoms with Crippen molar-refractivity contribution in [3.05, 3.63) is 34.7 Å². The summed E-state index contributed by atoms with van der Waals surface area (Å²) in [6, 6.07) is 7.96. The predicted molar refractivity (Wildman–Crippen MR) is 71.5 cm³/mol. The third-order valence-electron chi connectivity index (χ3n) is 2.46. The summed E-state index contributed by atoms with van der Waals surface area (Å²) in [5.74, 6) is 0.868. The number of nitrogens with zero attached hydrogens (tertiary/aromatic N) is 1. The predicted octanol–water partition coefficient (Wildman–Crippen LogP) is 2.93. The summed E-state index contributed by atoms with van der Waals surface area (Å²) in [5.41, 5.74) is 2.04. The average molecular weight is 248 g/mol.